The van der Waals surface area contributed by atoms with Gasteiger partial charge in [-0.05, 0) is 49.9 Å². The number of likely N-dealkylation sites (N-methyl/N-ethyl adjacent to an activating group) is 1. The average Bonchev–Trinajstić information content (AvgIpc) is 2.81. The van der Waals surface area contributed by atoms with Gasteiger partial charge in [-0.1, -0.05) is 48.5 Å². The molecule has 2 aromatic carbocycles. The van der Waals surface area contributed by atoms with Gasteiger partial charge in [-0.15, -0.1) is 0 Å². The first-order valence-electron chi connectivity index (χ1n) is 11.4. The molecule has 2 heterocycles. The largest absolute Gasteiger partial charge is 0.440 e. The molecule has 0 saturated carbocycles. The van der Waals surface area contributed by atoms with Gasteiger partial charge < -0.3 is 20.5 Å². The Kier molecular flexibility index (Phi) is 7.97. The maximum Gasteiger partial charge on any atom is 0.205 e. The fourth-order valence-corrected chi connectivity index (χ4v) is 4.37. The lowest BCUT2D eigenvalue weighted by Gasteiger charge is -2.37. The molecule has 1 unspecified atom stereocenters. The van der Waals surface area contributed by atoms with Crippen molar-refractivity contribution in [2.24, 2.45) is 5.73 Å². The molecule has 3 N–H and O–H groups in total. The summed E-state index contributed by atoms with van der Waals surface area (Å²) in [5.41, 5.74) is 13.8. The first-order chi connectivity index (χ1) is 15.9. The highest BCUT2D eigenvalue weighted by Crippen LogP contribution is 2.44. The number of nitriles is 1. The Morgan fingerprint density at radius 2 is 1.73 bits per heavy atom. The van der Waals surface area contributed by atoms with E-state index in [1.54, 1.807) is 6.92 Å². The number of ether oxygens (including phenoxy) is 1. The zero-order valence-electron chi connectivity index (χ0n) is 19.9. The van der Waals surface area contributed by atoms with E-state index >= 15 is 0 Å². The molecule has 0 aromatic heterocycles. The molecule has 0 spiro atoms. The second-order valence-electron chi connectivity index (χ2n) is 8.27. The molecular formula is C28H33N3O2. The Morgan fingerprint density at radius 1 is 1.09 bits per heavy atom. The topological polar surface area (TPSA) is 82.5 Å². The van der Waals surface area contributed by atoms with Gasteiger partial charge in [0.2, 0.25) is 5.88 Å². The van der Waals surface area contributed by atoms with Crippen LogP contribution in [0.15, 0.2) is 83.1 Å². The van der Waals surface area contributed by atoms with Crippen LogP contribution in [-0.2, 0) is 11.2 Å². The van der Waals surface area contributed by atoms with E-state index in [0.717, 1.165) is 47.5 Å². The number of hydrogen-bond acceptors (Lipinski definition) is 5. The van der Waals surface area contributed by atoms with E-state index in [2.05, 4.69) is 74.3 Å². The van der Waals surface area contributed by atoms with E-state index in [1.807, 2.05) is 12.1 Å². The number of aliphatic hydroxyl groups is 1. The highest BCUT2D eigenvalue weighted by molar-refractivity contribution is 5.56. The van der Waals surface area contributed by atoms with Crippen molar-refractivity contribution in [3.8, 4) is 6.07 Å². The van der Waals surface area contributed by atoms with Crippen molar-refractivity contribution < 1.29 is 9.84 Å². The van der Waals surface area contributed by atoms with Crippen LogP contribution in [0.1, 0.15) is 42.0 Å². The van der Waals surface area contributed by atoms with Crippen molar-refractivity contribution in [3.63, 3.8) is 0 Å². The van der Waals surface area contributed by atoms with E-state index in [9.17, 15) is 5.26 Å². The van der Waals surface area contributed by atoms with Gasteiger partial charge in [-0.3, -0.25) is 0 Å². The van der Waals surface area contributed by atoms with E-state index < -0.39 is 0 Å². The zero-order valence-corrected chi connectivity index (χ0v) is 19.9. The Morgan fingerprint density at radius 3 is 2.33 bits per heavy atom. The first kappa shape index (κ1) is 24.2. The van der Waals surface area contributed by atoms with Gasteiger partial charge in [0.1, 0.15) is 17.4 Å². The number of nitrogens with two attached hydrogens (primary N) is 1. The Bertz CT molecular complexity index is 1140. The van der Waals surface area contributed by atoms with Crippen LogP contribution in [0.25, 0.3) is 0 Å². The first-order valence-corrected chi connectivity index (χ1v) is 11.4. The predicted octanol–water partition coefficient (Wildman–Crippen LogP) is 4.83. The minimum Gasteiger partial charge on any atom is -0.440 e. The standard InChI is InChI=1S/C26H27N3O.C2H6O/c1-4-29-15-20(13-19-11-7-5-9-17(19)2)25-23(16-29)24(22(14-27)26(28)30-25)21-12-8-6-10-18(21)3;1-2-3/h5-12,15,24H,4,13,16,28H2,1-3H3;3H,2H2,1H3. The lowest BCUT2D eigenvalue weighted by molar-refractivity contribution is 0.265. The third-order valence-electron chi connectivity index (χ3n) is 6.08. The van der Waals surface area contributed by atoms with E-state index in [0.29, 0.717) is 5.57 Å². The van der Waals surface area contributed by atoms with Crippen molar-refractivity contribution >= 4 is 0 Å². The third kappa shape index (κ3) is 5.13. The normalized spacial score (nSPS) is 17.4. The van der Waals surface area contributed by atoms with Crippen LogP contribution in [0.5, 0.6) is 0 Å². The van der Waals surface area contributed by atoms with Crippen molar-refractivity contribution in [2.75, 3.05) is 19.7 Å². The Labute approximate surface area is 197 Å². The zero-order chi connectivity index (χ0) is 24.0. The molecule has 2 aromatic rings. The minimum absolute atomic E-state index is 0.186. The Hall–Kier alpha value is -3.49. The summed E-state index contributed by atoms with van der Waals surface area (Å²) in [6, 6.07) is 19.0. The maximum absolute atomic E-state index is 9.92. The van der Waals surface area contributed by atoms with Gasteiger partial charge >= 0.3 is 0 Å². The number of aliphatic hydroxyl groups excluding tert-OH is 1. The smallest absolute Gasteiger partial charge is 0.205 e. The van der Waals surface area contributed by atoms with Crippen molar-refractivity contribution in [1.29, 1.82) is 5.26 Å². The molecule has 4 rings (SSSR count). The van der Waals surface area contributed by atoms with Crippen molar-refractivity contribution in [1.82, 2.24) is 4.90 Å². The molecule has 0 fully saturated rings. The number of hydrogen-bond donors (Lipinski definition) is 2. The SMILES string of the molecule is CCN1C=C(Cc2ccccc2C)C2=C(C1)C(c1ccccc1C)C(C#N)=C(N)O2.CCO. The lowest BCUT2D eigenvalue weighted by atomic mass is 9.78. The van der Waals surface area contributed by atoms with Crippen LogP contribution in [0.3, 0.4) is 0 Å². The highest BCUT2D eigenvalue weighted by Gasteiger charge is 2.37. The highest BCUT2D eigenvalue weighted by atomic mass is 16.5. The number of aryl methyl sites for hydroxylation is 2. The number of rotatable bonds is 4. The summed E-state index contributed by atoms with van der Waals surface area (Å²) in [6.45, 7) is 9.90. The quantitative estimate of drug-likeness (QED) is 0.708. The van der Waals surface area contributed by atoms with E-state index in [1.165, 1.54) is 11.1 Å². The molecule has 5 heteroatoms. The minimum atomic E-state index is -0.186. The second kappa shape index (κ2) is 10.9. The molecule has 0 radical (unpaired) electrons. The van der Waals surface area contributed by atoms with Crippen LogP contribution >= 0.6 is 0 Å². The molecule has 2 aliphatic heterocycles. The number of nitrogens with zero attached hydrogens (tertiary/aromatic N) is 2. The van der Waals surface area contributed by atoms with E-state index in [-0.39, 0.29) is 18.4 Å². The summed E-state index contributed by atoms with van der Waals surface area (Å²) in [7, 11) is 0. The summed E-state index contributed by atoms with van der Waals surface area (Å²) < 4.78 is 6.12. The molecule has 172 valence electrons. The van der Waals surface area contributed by atoms with Gasteiger partial charge in [-0.25, -0.2) is 0 Å². The summed E-state index contributed by atoms with van der Waals surface area (Å²) in [5.74, 6) is 0.854. The molecule has 0 saturated heterocycles. The molecule has 33 heavy (non-hydrogen) atoms. The number of allylic oxidation sites excluding steroid dienone is 2. The average molecular weight is 444 g/mol. The fraction of sp³-hybridized carbons (Fsp3) is 0.321. The monoisotopic (exact) mass is 443 g/mol. The summed E-state index contributed by atoms with van der Waals surface area (Å²) in [4.78, 5) is 2.29. The fourth-order valence-electron chi connectivity index (χ4n) is 4.37. The third-order valence-corrected chi connectivity index (χ3v) is 6.08. The molecule has 0 bridgehead atoms. The second-order valence-corrected chi connectivity index (χ2v) is 8.27. The molecule has 0 amide bonds. The van der Waals surface area contributed by atoms with E-state index in [4.69, 9.17) is 15.6 Å². The van der Waals surface area contributed by atoms with Crippen LogP contribution in [0.2, 0.25) is 0 Å². The van der Waals surface area contributed by atoms with Crippen LogP contribution in [-0.4, -0.2) is 29.7 Å². The van der Waals surface area contributed by atoms with Crippen molar-refractivity contribution in [3.05, 3.63) is 105 Å². The number of benzene rings is 2. The van der Waals surface area contributed by atoms with Crippen LogP contribution in [0, 0.1) is 25.2 Å². The summed E-state index contributed by atoms with van der Waals surface area (Å²) >= 11 is 0. The lowest BCUT2D eigenvalue weighted by Crippen LogP contribution is -2.33. The van der Waals surface area contributed by atoms with Crippen LogP contribution in [0.4, 0.5) is 0 Å². The molecule has 5 nitrogen and oxygen atoms in total. The van der Waals surface area contributed by atoms with Gasteiger partial charge in [0, 0.05) is 43.5 Å². The van der Waals surface area contributed by atoms with Gasteiger partial charge in [-0.2, -0.15) is 5.26 Å². The van der Waals surface area contributed by atoms with Gasteiger partial charge in [0.05, 0.1) is 5.92 Å². The molecular weight excluding hydrogens is 410 g/mol. The van der Waals surface area contributed by atoms with Gasteiger partial charge in [0.15, 0.2) is 0 Å². The molecule has 1 atom stereocenters. The van der Waals surface area contributed by atoms with Gasteiger partial charge in [0.25, 0.3) is 0 Å². The molecule has 2 aliphatic rings. The summed E-state index contributed by atoms with van der Waals surface area (Å²) in [5, 5.41) is 17.5. The predicted molar refractivity (Wildman–Crippen MR) is 132 cm³/mol. The Balaban J connectivity index is 0.000000968. The molecule has 0 aliphatic carbocycles. The summed E-state index contributed by atoms with van der Waals surface area (Å²) in [6.07, 6.45) is 2.95. The maximum atomic E-state index is 9.92. The van der Waals surface area contributed by atoms with Crippen LogP contribution < -0.4 is 5.73 Å². The van der Waals surface area contributed by atoms with Crippen molar-refractivity contribution in [2.45, 2.75) is 40.0 Å².